The second kappa shape index (κ2) is 7.49. The van der Waals surface area contributed by atoms with E-state index in [9.17, 15) is 9.90 Å². The van der Waals surface area contributed by atoms with Crippen molar-refractivity contribution in [3.8, 4) is 5.75 Å². The summed E-state index contributed by atoms with van der Waals surface area (Å²) in [5.74, 6) is 0.267. The monoisotopic (exact) mass is 324 g/mol. The van der Waals surface area contributed by atoms with E-state index in [1.165, 1.54) is 11.1 Å². The number of nitrogens with zero attached hydrogens (tertiary/aromatic N) is 1. The van der Waals surface area contributed by atoms with Gasteiger partial charge >= 0.3 is 0 Å². The van der Waals surface area contributed by atoms with Gasteiger partial charge in [0, 0.05) is 18.7 Å². The first-order valence-electron chi connectivity index (χ1n) is 8.47. The normalized spacial score (nSPS) is 17.8. The first-order valence-corrected chi connectivity index (χ1v) is 8.47. The number of phenols is 1. The number of aryl methyl sites for hydroxylation is 1. The van der Waals surface area contributed by atoms with Crippen LogP contribution in [0.1, 0.15) is 29.5 Å². The van der Waals surface area contributed by atoms with Crippen LogP contribution in [0.4, 0.5) is 0 Å². The van der Waals surface area contributed by atoms with E-state index in [4.69, 9.17) is 0 Å². The van der Waals surface area contributed by atoms with Gasteiger partial charge < -0.3 is 10.4 Å². The molecule has 0 unspecified atom stereocenters. The lowest BCUT2D eigenvalue weighted by Crippen LogP contribution is -2.42. The molecular formula is C20H24N2O2. The molecule has 0 bridgehead atoms. The number of rotatable bonds is 5. The van der Waals surface area contributed by atoms with E-state index < -0.39 is 0 Å². The molecule has 2 aromatic carbocycles. The number of carbonyl (C=O) groups excluding carboxylic acids is 1. The van der Waals surface area contributed by atoms with Gasteiger partial charge in [-0.2, -0.15) is 0 Å². The summed E-state index contributed by atoms with van der Waals surface area (Å²) >= 11 is 0. The van der Waals surface area contributed by atoms with Crippen LogP contribution in [-0.4, -0.2) is 28.5 Å². The highest BCUT2D eigenvalue weighted by Crippen LogP contribution is 2.21. The van der Waals surface area contributed by atoms with Gasteiger partial charge in [-0.25, -0.2) is 0 Å². The lowest BCUT2D eigenvalue weighted by Gasteiger charge is -2.24. The molecule has 0 aromatic heterocycles. The summed E-state index contributed by atoms with van der Waals surface area (Å²) in [5, 5.41) is 12.8. The topological polar surface area (TPSA) is 52.6 Å². The highest BCUT2D eigenvalue weighted by Gasteiger charge is 2.30. The summed E-state index contributed by atoms with van der Waals surface area (Å²) in [5.41, 5.74) is 3.23. The van der Waals surface area contributed by atoms with Crippen molar-refractivity contribution in [1.29, 1.82) is 0 Å². The minimum atomic E-state index is -0.0860. The van der Waals surface area contributed by atoms with Crippen molar-refractivity contribution in [2.24, 2.45) is 0 Å². The summed E-state index contributed by atoms with van der Waals surface area (Å²) in [6, 6.07) is 15.5. The number of hydrogen-bond donors (Lipinski definition) is 2. The zero-order valence-corrected chi connectivity index (χ0v) is 14.0. The van der Waals surface area contributed by atoms with E-state index in [0.29, 0.717) is 6.54 Å². The molecule has 24 heavy (non-hydrogen) atoms. The van der Waals surface area contributed by atoms with Crippen molar-refractivity contribution in [2.75, 3.05) is 6.54 Å². The van der Waals surface area contributed by atoms with E-state index in [0.717, 1.165) is 31.5 Å². The van der Waals surface area contributed by atoms with Crippen molar-refractivity contribution in [1.82, 2.24) is 10.2 Å². The number of para-hydroxylation sites is 1. The Balaban J connectivity index is 1.59. The zero-order valence-electron chi connectivity index (χ0n) is 14.0. The van der Waals surface area contributed by atoms with Gasteiger partial charge in [0.05, 0.1) is 6.04 Å². The number of carbonyl (C=O) groups is 1. The summed E-state index contributed by atoms with van der Waals surface area (Å²) in [6.45, 7) is 4.19. The first-order chi connectivity index (χ1) is 11.6. The highest BCUT2D eigenvalue weighted by atomic mass is 16.3. The fraction of sp³-hybridized carbons (Fsp3) is 0.350. The third-order valence-corrected chi connectivity index (χ3v) is 4.62. The maximum absolute atomic E-state index is 12.6. The standard InChI is InChI=1S/C20H24N2O2/c1-15-8-10-16(11-9-15)14-22-12-4-6-18(22)20(24)21-13-17-5-2-3-7-19(17)23/h2-3,5,7-11,18,23H,4,6,12-14H2,1H3,(H,21,24)/t18-/m1/s1. The molecule has 1 fully saturated rings. The van der Waals surface area contributed by atoms with Gasteiger partial charge in [0.25, 0.3) is 0 Å². The van der Waals surface area contributed by atoms with Crippen LogP contribution in [0.25, 0.3) is 0 Å². The molecule has 1 atom stereocenters. The number of nitrogens with one attached hydrogen (secondary N) is 1. The molecule has 1 aliphatic rings. The predicted octanol–water partition coefficient (Wildman–Crippen LogP) is 2.98. The van der Waals surface area contributed by atoms with E-state index in [-0.39, 0.29) is 17.7 Å². The van der Waals surface area contributed by atoms with E-state index in [1.54, 1.807) is 12.1 Å². The average molecular weight is 324 g/mol. The summed E-state index contributed by atoms with van der Waals surface area (Å²) in [6.07, 6.45) is 1.93. The van der Waals surface area contributed by atoms with Crippen molar-refractivity contribution >= 4 is 5.91 Å². The fourth-order valence-corrected chi connectivity index (χ4v) is 3.20. The van der Waals surface area contributed by atoms with Gasteiger partial charge in [-0.3, -0.25) is 9.69 Å². The van der Waals surface area contributed by atoms with Crippen LogP contribution in [0.15, 0.2) is 48.5 Å². The lowest BCUT2D eigenvalue weighted by atomic mass is 10.1. The van der Waals surface area contributed by atoms with Gasteiger partial charge in [-0.15, -0.1) is 0 Å². The third kappa shape index (κ3) is 3.95. The van der Waals surface area contributed by atoms with E-state index in [1.807, 2.05) is 12.1 Å². The van der Waals surface area contributed by atoms with Gasteiger partial charge in [-0.05, 0) is 37.9 Å². The first kappa shape index (κ1) is 16.5. The van der Waals surface area contributed by atoms with Crippen molar-refractivity contribution in [2.45, 2.75) is 38.9 Å². The Bertz CT molecular complexity index is 697. The molecule has 1 saturated heterocycles. The molecule has 1 aliphatic heterocycles. The minimum absolute atomic E-state index is 0.0443. The van der Waals surface area contributed by atoms with Crippen LogP contribution in [0.5, 0.6) is 5.75 Å². The minimum Gasteiger partial charge on any atom is -0.508 e. The number of phenolic OH excluding ortho intramolecular Hbond substituents is 1. The second-order valence-corrected chi connectivity index (χ2v) is 6.46. The van der Waals surface area contributed by atoms with Gasteiger partial charge in [0.1, 0.15) is 5.75 Å². The number of benzene rings is 2. The van der Waals surface area contributed by atoms with Crippen molar-refractivity contribution in [3.05, 3.63) is 65.2 Å². The summed E-state index contributed by atoms with van der Waals surface area (Å²) in [4.78, 5) is 14.8. The van der Waals surface area contributed by atoms with Crippen LogP contribution < -0.4 is 5.32 Å². The van der Waals surface area contributed by atoms with Gasteiger partial charge in [0.2, 0.25) is 5.91 Å². The number of likely N-dealkylation sites (tertiary alicyclic amines) is 1. The van der Waals surface area contributed by atoms with E-state index in [2.05, 4.69) is 41.4 Å². The largest absolute Gasteiger partial charge is 0.508 e. The SMILES string of the molecule is Cc1ccc(CN2CCC[C@@H]2C(=O)NCc2ccccc2O)cc1. The molecule has 0 saturated carbocycles. The van der Waals surface area contributed by atoms with Crippen LogP contribution in [0.3, 0.4) is 0 Å². The molecule has 2 N–H and O–H groups in total. The Hall–Kier alpha value is -2.33. The van der Waals surface area contributed by atoms with Gasteiger partial charge in [-0.1, -0.05) is 48.0 Å². The number of hydrogen-bond acceptors (Lipinski definition) is 3. The molecule has 1 heterocycles. The average Bonchev–Trinajstić information content (AvgIpc) is 3.04. The Kier molecular flexibility index (Phi) is 5.16. The molecule has 4 heteroatoms. The zero-order chi connectivity index (χ0) is 16.9. The maximum Gasteiger partial charge on any atom is 0.237 e. The van der Waals surface area contributed by atoms with Crippen LogP contribution in [0, 0.1) is 6.92 Å². The van der Waals surface area contributed by atoms with E-state index >= 15 is 0 Å². The molecule has 3 rings (SSSR count). The fourth-order valence-electron chi connectivity index (χ4n) is 3.20. The summed E-state index contributed by atoms with van der Waals surface area (Å²) < 4.78 is 0. The van der Waals surface area contributed by atoms with Crippen molar-refractivity contribution in [3.63, 3.8) is 0 Å². The maximum atomic E-state index is 12.6. The molecular weight excluding hydrogens is 300 g/mol. The predicted molar refractivity (Wildman–Crippen MR) is 94.6 cm³/mol. The highest BCUT2D eigenvalue weighted by molar-refractivity contribution is 5.82. The molecule has 0 aliphatic carbocycles. The quantitative estimate of drug-likeness (QED) is 0.889. The number of aromatic hydroxyl groups is 1. The lowest BCUT2D eigenvalue weighted by molar-refractivity contribution is -0.125. The third-order valence-electron chi connectivity index (χ3n) is 4.62. The molecule has 0 spiro atoms. The van der Waals surface area contributed by atoms with Crippen LogP contribution in [0.2, 0.25) is 0 Å². The van der Waals surface area contributed by atoms with Crippen LogP contribution >= 0.6 is 0 Å². The molecule has 4 nitrogen and oxygen atoms in total. The Morgan fingerprint density at radius 2 is 1.96 bits per heavy atom. The van der Waals surface area contributed by atoms with Gasteiger partial charge in [0.15, 0.2) is 0 Å². The summed E-state index contributed by atoms with van der Waals surface area (Å²) in [7, 11) is 0. The van der Waals surface area contributed by atoms with Crippen LogP contribution in [-0.2, 0) is 17.9 Å². The molecule has 2 aromatic rings. The van der Waals surface area contributed by atoms with Crippen molar-refractivity contribution < 1.29 is 9.90 Å². The Labute approximate surface area is 143 Å². The molecule has 126 valence electrons. The Morgan fingerprint density at radius 3 is 2.71 bits per heavy atom. The smallest absolute Gasteiger partial charge is 0.237 e. The number of amides is 1. The molecule has 1 amide bonds. The Morgan fingerprint density at radius 1 is 1.21 bits per heavy atom. The molecule has 0 radical (unpaired) electrons. The second-order valence-electron chi connectivity index (χ2n) is 6.46.